The van der Waals surface area contributed by atoms with Gasteiger partial charge in [0.05, 0.1) is 0 Å². The number of rotatable bonds is 0. The first-order valence-electron chi connectivity index (χ1n) is 9.13. The second-order valence-corrected chi connectivity index (χ2v) is 9.33. The highest BCUT2D eigenvalue weighted by Gasteiger charge is 2.62. The van der Waals surface area contributed by atoms with Crippen molar-refractivity contribution in [1.82, 2.24) is 0 Å². The van der Waals surface area contributed by atoms with Gasteiger partial charge in [-0.15, -0.1) is 0 Å². The molecule has 4 aliphatic rings. The summed E-state index contributed by atoms with van der Waals surface area (Å²) >= 11 is 0. The van der Waals surface area contributed by atoms with Crippen molar-refractivity contribution in [3.63, 3.8) is 0 Å². The molecule has 22 heavy (non-hydrogen) atoms. The van der Waals surface area contributed by atoms with E-state index in [0.717, 1.165) is 38.5 Å². The van der Waals surface area contributed by atoms with Gasteiger partial charge in [-0.25, -0.2) is 8.78 Å². The zero-order valence-electron chi connectivity index (χ0n) is 13.8. The maximum Gasteiger partial charge on any atom is 0.249 e. The van der Waals surface area contributed by atoms with Crippen molar-refractivity contribution < 1.29 is 13.6 Å². The van der Waals surface area contributed by atoms with E-state index in [0.29, 0.717) is 30.0 Å². The van der Waals surface area contributed by atoms with Crippen molar-refractivity contribution in [2.75, 3.05) is 0 Å². The van der Waals surface area contributed by atoms with Crippen molar-refractivity contribution in [3.05, 3.63) is 0 Å². The number of Topliss-reactive ketones (excluding diaryl/α,β-unsaturated/α-hetero) is 1. The Labute approximate surface area is 132 Å². The van der Waals surface area contributed by atoms with E-state index in [1.807, 2.05) is 0 Å². The fraction of sp³-hybridized carbons (Fsp3) is 0.947. The van der Waals surface area contributed by atoms with E-state index in [9.17, 15) is 13.6 Å². The summed E-state index contributed by atoms with van der Waals surface area (Å²) in [6.07, 6.45) is 6.91. The van der Waals surface area contributed by atoms with Crippen LogP contribution in [0.3, 0.4) is 0 Å². The smallest absolute Gasteiger partial charge is 0.249 e. The predicted octanol–water partition coefficient (Wildman–Crippen LogP) is 5.23. The minimum atomic E-state index is -2.45. The summed E-state index contributed by atoms with van der Waals surface area (Å²) in [6.45, 7) is 4.49. The summed E-state index contributed by atoms with van der Waals surface area (Å²) in [6, 6.07) is 0. The van der Waals surface area contributed by atoms with Crippen LogP contribution in [0.1, 0.15) is 71.6 Å². The standard InChI is InChI=1S/C19H28F2O/c1-17-7-6-15-14(16(17)10-19(20,21)11-17)4-3-12-9-13(22)5-8-18(12,15)2/h12,14-16H,3-11H2,1-2H3/t12-,14+,15-,16-,17+,18-/m0/s1. The molecule has 6 atom stereocenters. The van der Waals surface area contributed by atoms with Crippen LogP contribution >= 0.6 is 0 Å². The molecule has 0 heterocycles. The molecule has 0 unspecified atom stereocenters. The number of halogens is 2. The Bertz CT molecular complexity index is 502. The molecule has 1 nitrogen and oxygen atoms in total. The lowest BCUT2D eigenvalue weighted by Gasteiger charge is -2.59. The lowest BCUT2D eigenvalue weighted by Crippen LogP contribution is -2.52. The molecule has 0 N–H and O–H groups in total. The Hall–Kier alpha value is -0.470. The Balaban J connectivity index is 1.64. The van der Waals surface area contributed by atoms with Gasteiger partial charge in [0.2, 0.25) is 5.92 Å². The normalized spacial score (nSPS) is 53.5. The molecule has 0 spiro atoms. The van der Waals surface area contributed by atoms with Crippen molar-refractivity contribution in [2.45, 2.75) is 77.6 Å². The third kappa shape index (κ3) is 2.03. The van der Waals surface area contributed by atoms with E-state index in [4.69, 9.17) is 0 Å². The number of hydrogen-bond donors (Lipinski definition) is 0. The van der Waals surface area contributed by atoms with Crippen LogP contribution < -0.4 is 0 Å². The van der Waals surface area contributed by atoms with Gasteiger partial charge in [-0.2, -0.15) is 0 Å². The minimum absolute atomic E-state index is 0.104. The summed E-state index contributed by atoms with van der Waals surface area (Å²) in [5, 5.41) is 0. The quantitative estimate of drug-likeness (QED) is 0.598. The summed E-state index contributed by atoms with van der Waals surface area (Å²) in [4.78, 5) is 11.8. The number of ketones is 1. The zero-order chi connectivity index (χ0) is 15.8. The molecule has 0 radical (unpaired) electrons. The average molecular weight is 310 g/mol. The summed E-state index contributed by atoms with van der Waals surface area (Å²) in [5.41, 5.74) is 0.0916. The second kappa shape index (κ2) is 4.54. The summed E-state index contributed by atoms with van der Waals surface area (Å²) in [7, 11) is 0. The monoisotopic (exact) mass is 310 g/mol. The molecule has 0 bridgehead atoms. The summed E-state index contributed by atoms with van der Waals surface area (Å²) in [5.74, 6) is -0.256. The molecule has 4 aliphatic carbocycles. The molecule has 4 rings (SSSR count). The topological polar surface area (TPSA) is 17.1 Å². The second-order valence-electron chi connectivity index (χ2n) is 9.33. The van der Waals surface area contributed by atoms with Gasteiger partial charge in [0.1, 0.15) is 5.78 Å². The Morgan fingerprint density at radius 1 is 1.05 bits per heavy atom. The van der Waals surface area contributed by atoms with Crippen molar-refractivity contribution in [3.8, 4) is 0 Å². The van der Waals surface area contributed by atoms with Crippen LogP contribution in [0.4, 0.5) is 8.78 Å². The largest absolute Gasteiger partial charge is 0.300 e. The third-order valence-electron chi connectivity index (χ3n) is 8.18. The molecule has 0 amide bonds. The minimum Gasteiger partial charge on any atom is -0.300 e. The van der Waals surface area contributed by atoms with Crippen LogP contribution in [0, 0.1) is 34.5 Å². The highest BCUT2D eigenvalue weighted by atomic mass is 19.3. The molecule has 4 fully saturated rings. The fourth-order valence-corrected chi connectivity index (χ4v) is 7.04. The van der Waals surface area contributed by atoms with E-state index in [2.05, 4.69) is 13.8 Å². The number of carbonyl (C=O) groups excluding carboxylic acids is 1. The first kappa shape index (κ1) is 15.1. The number of fused-ring (bicyclic) bond motifs is 5. The molecule has 3 heteroatoms. The summed E-state index contributed by atoms with van der Waals surface area (Å²) < 4.78 is 28.2. The predicted molar refractivity (Wildman–Crippen MR) is 81.7 cm³/mol. The van der Waals surface area contributed by atoms with Gasteiger partial charge >= 0.3 is 0 Å². The molecule has 124 valence electrons. The Morgan fingerprint density at radius 2 is 1.82 bits per heavy atom. The van der Waals surface area contributed by atoms with Crippen molar-refractivity contribution in [1.29, 1.82) is 0 Å². The lowest BCUT2D eigenvalue weighted by atomic mass is 9.45. The molecule has 0 aromatic heterocycles. The number of carbonyl (C=O) groups is 1. The molecule has 0 aliphatic heterocycles. The Morgan fingerprint density at radius 3 is 2.59 bits per heavy atom. The Kier molecular flexibility index (Phi) is 3.11. The van der Waals surface area contributed by atoms with Crippen molar-refractivity contribution >= 4 is 5.78 Å². The molecule has 0 aromatic carbocycles. The lowest BCUT2D eigenvalue weighted by molar-refractivity contribution is -0.137. The van der Waals surface area contributed by atoms with Crippen LogP contribution in [0.15, 0.2) is 0 Å². The van der Waals surface area contributed by atoms with E-state index in [-0.39, 0.29) is 29.6 Å². The third-order valence-corrected chi connectivity index (χ3v) is 8.18. The number of hydrogen-bond acceptors (Lipinski definition) is 1. The zero-order valence-corrected chi connectivity index (χ0v) is 13.8. The molecular formula is C19H28F2O. The molecule has 0 saturated heterocycles. The van der Waals surface area contributed by atoms with E-state index >= 15 is 0 Å². The van der Waals surface area contributed by atoms with E-state index < -0.39 is 5.92 Å². The van der Waals surface area contributed by atoms with Gasteiger partial charge < -0.3 is 0 Å². The maximum atomic E-state index is 14.1. The van der Waals surface area contributed by atoms with Gasteiger partial charge in [-0.1, -0.05) is 13.8 Å². The molecule has 0 aromatic rings. The number of alkyl halides is 2. The van der Waals surface area contributed by atoms with Gasteiger partial charge in [0.15, 0.2) is 0 Å². The van der Waals surface area contributed by atoms with Crippen molar-refractivity contribution in [2.24, 2.45) is 34.5 Å². The van der Waals surface area contributed by atoms with Crippen LogP contribution in [-0.4, -0.2) is 11.7 Å². The highest BCUT2D eigenvalue weighted by molar-refractivity contribution is 5.79. The van der Waals surface area contributed by atoms with Crippen LogP contribution in [0.2, 0.25) is 0 Å². The van der Waals surface area contributed by atoms with Gasteiger partial charge in [0, 0.05) is 25.7 Å². The highest BCUT2D eigenvalue weighted by Crippen LogP contribution is 2.67. The van der Waals surface area contributed by atoms with Crippen LogP contribution in [-0.2, 0) is 4.79 Å². The van der Waals surface area contributed by atoms with Crippen LogP contribution in [0.5, 0.6) is 0 Å². The molecular weight excluding hydrogens is 282 g/mol. The fourth-order valence-electron chi connectivity index (χ4n) is 7.04. The van der Waals surface area contributed by atoms with E-state index in [1.165, 1.54) is 0 Å². The first-order valence-corrected chi connectivity index (χ1v) is 9.13. The first-order chi connectivity index (χ1) is 10.2. The van der Waals surface area contributed by atoms with Crippen LogP contribution in [0.25, 0.3) is 0 Å². The van der Waals surface area contributed by atoms with E-state index in [1.54, 1.807) is 0 Å². The average Bonchev–Trinajstić information content (AvgIpc) is 2.68. The molecule has 4 saturated carbocycles. The van der Waals surface area contributed by atoms with Gasteiger partial charge in [0.25, 0.3) is 0 Å². The maximum absolute atomic E-state index is 14.1. The SMILES string of the molecule is C[C@]12CC[C@H]3[C@@H](CC[C@H]4CC(=O)CC[C@@]43C)[C@@H]1CC(F)(F)C2. The van der Waals surface area contributed by atoms with Gasteiger partial charge in [-0.05, 0) is 66.6 Å². The van der Waals surface area contributed by atoms with Gasteiger partial charge in [-0.3, -0.25) is 4.79 Å².